The number of hydrogen-bond acceptors (Lipinski definition) is 7. The van der Waals surface area contributed by atoms with Gasteiger partial charge in [-0.1, -0.05) is 30.0 Å². The van der Waals surface area contributed by atoms with Crippen molar-refractivity contribution in [3.05, 3.63) is 75.8 Å². The van der Waals surface area contributed by atoms with E-state index in [4.69, 9.17) is 9.40 Å². The lowest BCUT2D eigenvalue weighted by atomic mass is 10.2. The zero-order chi connectivity index (χ0) is 22.8. The Bertz CT molecular complexity index is 1310. The van der Waals surface area contributed by atoms with E-state index in [1.165, 1.54) is 28.8 Å². The zero-order valence-corrected chi connectivity index (χ0v) is 19.9. The van der Waals surface area contributed by atoms with E-state index in [1.807, 2.05) is 42.2 Å². The van der Waals surface area contributed by atoms with Gasteiger partial charge >= 0.3 is 0 Å². The Hall–Kier alpha value is -3.04. The third-order valence-electron chi connectivity index (χ3n) is 5.71. The summed E-state index contributed by atoms with van der Waals surface area (Å²) < 4.78 is 7.07. The van der Waals surface area contributed by atoms with E-state index in [-0.39, 0.29) is 23.8 Å². The van der Waals surface area contributed by atoms with Gasteiger partial charge in [-0.3, -0.25) is 14.2 Å². The molecule has 0 unspecified atom stereocenters. The van der Waals surface area contributed by atoms with Gasteiger partial charge in [-0.2, -0.15) is 0 Å². The number of thioether (sulfide) groups is 1. The Balaban J connectivity index is 1.30. The lowest BCUT2D eigenvalue weighted by molar-refractivity contribution is -0.128. The number of nitrogens with zero attached hydrogens (tertiary/aromatic N) is 4. The average molecular weight is 481 g/mol. The second-order valence-electron chi connectivity index (χ2n) is 7.93. The first-order chi connectivity index (χ1) is 16.1. The van der Waals surface area contributed by atoms with Gasteiger partial charge < -0.3 is 14.2 Å². The van der Waals surface area contributed by atoms with Gasteiger partial charge in [0.15, 0.2) is 5.16 Å². The third-order valence-corrected chi connectivity index (χ3v) is 7.62. The Morgan fingerprint density at radius 3 is 2.64 bits per heavy atom. The molecule has 1 aromatic carbocycles. The number of benzene rings is 1. The summed E-state index contributed by atoms with van der Waals surface area (Å²) in [6.45, 7) is 5.24. The van der Waals surface area contributed by atoms with Crippen LogP contribution in [0.15, 0.2) is 69.2 Å². The maximum absolute atomic E-state index is 13.2. The number of furan rings is 1. The second-order valence-corrected chi connectivity index (χ2v) is 10.1. The molecule has 0 atom stereocenters. The number of carbonyl (C=O) groups excluding carboxylic acids is 1. The predicted octanol–water partition coefficient (Wildman–Crippen LogP) is 3.85. The van der Waals surface area contributed by atoms with Crippen molar-refractivity contribution in [2.24, 2.45) is 0 Å². The first-order valence-electron chi connectivity index (χ1n) is 10.8. The summed E-state index contributed by atoms with van der Waals surface area (Å²) in [5, 5.41) is 1.15. The van der Waals surface area contributed by atoms with Gasteiger partial charge in [-0.05, 0) is 37.3 Å². The van der Waals surface area contributed by atoms with E-state index in [2.05, 4.69) is 17.0 Å². The first kappa shape index (κ1) is 21.8. The van der Waals surface area contributed by atoms with Gasteiger partial charge in [0.05, 0.1) is 23.9 Å². The Morgan fingerprint density at radius 2 is 1.91 bits per heavy atom. The molecule has 170 valence electrons. The number of amides is 1. The smallest absolute Gasteiger partial charge is 0.263 e. The molecule has 1 fully saturated rings. The number of rotatable bonds is 6. The number of piperazine rings is 1. The largest absolute Gasteiger partial charge is 0.467 e. The van der Waals surface area contributed by atoms with Crippen LogP contribution in [0.4, 0.5) is 5.69 Å². The van der Waals surface area contributed by atoms with Crippen LogP contribution in [0.2, 0.25) is 0 Å². The summed E-state index contributed by atoms with van der Waals surface area (Å²) in [7, 11) is 0. The third kappa shape index (κ3) is 4.69. The molecule has 5 rings (SSSR count). The van der Waals surface area contributed by atoms with Crippen molar-refractivity contribution in [1.82, 2.24) is 14.5 Å². The summed E-state index contributed by atoms with van der Waals surface area (Å²) in [6, 6.07) is 15.8. The summed E-state index contributed by atoms with van der Waals surface area (Å²) >= 11 is 2.81. The number of aromatic nitrogens is 2. The molecule has 0 aliphatic carbocycles. The van der Waals surface area contributed by atoms with Crippen LogP contribution in [0.25, 0.3) is 10.2 Å². The summed E-state index contributed by atoms with van der Waals surface area (Å²) in [5.41, 5.74) is 1.08. The first-order valence-corrected chi connectivity index (χ1v) is 12.6. The highest BCUT2D eigenvalue weighted by Crippen LogP contribution is 2.25. The minimum Gasteiger partial charge on any atom is -0.467 e. The molecule has 9 heteroatoms. The van der Waals surface area contributed by atoms with Crippen molar-refractivity contribution >= 4 is 44.9 Å². The monoisotopic (exact) mass is 480 g/mol. The van der Waals surface area contributed by atoms with Gasteiger partial charge in [-0.15, -0.1) is 11.3 Å². The molecule has 1 saturated heterocycles. The molecular weight excluding hydrogens is 456 g/mol. The van der Waals surface area contributed by atoms with E-state index in [0.717, 1.165) is 18.0 Å². The van der Waals surface area contributed by atoms with Crippen molar-refractivity contribution in [3.8, 4) is 0 Å². The maximum Gasteiger partial charge on any atom is 0.263 e. The lowest BCUT2D eigenvalue weighted by Crippen LogP contribution is -2.49. The van der Waals surface area contributed by atoms with E-state index in [9.17, 15) is 9.59 Å². The maximum atomic E-state index is 13.2. The van der Waals surface area contributed by atoms with Crippen LogP contribution in [0.5, 0.6) is 0 Å². The summed E-state index contributed by atoms with van der Waals surface area (Å²) in [6.07, 6.45) is 1.59. The van der Waals surface area contributed by atoms with Crippen LogP contribution >= 0.6 is 23.1 Å². The Kier molecular flexibility index (Phi) is 6.24. The number of aryl methyl sites for hydroxylation is 1. The molecule has 7 nitrogen and oxygen atoms in total. The lowest BCUT2D eigenvalue weighted by Gasteiger charge is -2.36. The van der Waals surface area contributed by atoms with Gasteiger partial charge in [-0.25, -0.2) is 4.98 Å². The van der Waals surface area contributed by atoms with Crippen molar-refractivity contribution in [1.29, 1.82) is 0 Å². The van der Waals surface area contributed by atoms with Crippen molar-refractivity contribution in [2.45, 2.75) is 18.6 Å². The quantitative estimate of drug-likeness (QED) is 0.308. The minimum atomic E-state index is -0.104. The fraction of sp³-hybridized carbons (Fsp3) is 0.292. The SMILES string of the molecule is Cc1cc2c(=O)n(Cc3ccco3)c(SCC(=O)N3CCN(c4ccccc4)CC3)nc2s1. The van der Waals surface area contributed by atoms with Crippen LogP contribution in [0.1, 0.15) is 10.6 Å². The number of thiophene rings is 1. The standard InChI is InChI=1S/C24H24N4O3S2/c1-17-14-20-22(33-17)25-24(28(23(20)30)15-19-8-5-13-31-19)32-16-21(29)27-11-9-26(10-12-27)18-6-3-2-4-7-18/h2-8,13-14H,9-12,15-16H2,1H3. The van der Waals surface area contributed by atoms with E-state index >= 15 is 0 Å². The molecule has 1 aliphatic heterocycles. The topological polar surface area (TPSA) is 71.6 Å². The van der Waals surface area contributed by atoms with Gasteiger partial charge in [0.1, 0.15) is 10.6 Å². The summed E-state index contributed by atoms with van der Waals surface area (Å²) in [5.74, 6) is 0.982. The molecule has 3 aromatic heterocycles. The predicted molar refractivity (Wildman–Crippen MR) is 132 cm³/mol. The van der Waals surface area contributed by atoms with Gasteiger partial charge in [0.25, 0.3) is 5.56 Å². The zero-order valence-electron chi connectivity index (χ0n) is 18.3. The fourth-order valence-electron chi connectivity index (χ4n) is 4.00. The van der Waals surface area contributed by atoms with Crippen LogP contribution in [-0.4, -0.2) is 52.3 Å². The molecule has 0 bridgehead atoms. The normalized spacial score (nSPS) is 14.2. The highest BCUT2D eigenvalue weighted by Gasteiger charge is 2.22. The molecule has 1 amide bonds. The highest BCUT2D eigenvalue weighted by molar-refractivity contribution is 7.99. The Morgan fingerprint density at radius 1 is 1.12 bits per heavy atom. The molecular formula is C24H24N4O3S2. The van der Waals surface area contributed by atoms with E-state index in [1.54, 1.807) is 16.9 Å². The summed E-state index contributed by atoms with van der Waals surface area (Å²) in [4.78, 5) is 36.8. The van der Waals surface area contributed by atoms with Crippen LogP contribution < -0.4 is 10.5 Å². The molecule has 4 aromatic rings. The number of anilines is 1. The number of fused-ring (bicyclic) bond motifs is 1. The molecule has 4 heterocycles. The number of carbonyl (C=O) groups is 1. The minimum absolute atomic E-state index is 0.0639. The van der Waals surface area contributed by atoms with Crippen LogP contribution in [-0.2, 0) is 11.3 Å². The van der Waals surface area contributed by atoms with Gasteiger partial charge in [0.2, 0.25) is 5.91 Å². The van der Waals surface area contributed by atoms with Crippen LogP contribution in [0, 0.1) is 6.92 Å². The fourth-order valence-corrected chi connectivity index (χ4v) is 5.82. The number of hydrogen-bond donors (Lipinski definition) is 0. The van der Waals surface area contributed by atoms with E-state index < -0.39 is 0 Å². The highest BCUT2D eigenvalue weighted by atomic mass is 32.2. The molecule has 0 radical (unpaired) electrons. The van der Waals surface area contributed by atoms with E-state index in [0.29, 0.717) is 34.2 Å². The Labute approximate surface area is 199 Å². The van der Waals surface area contributed by atoms with Crippen molar-refractivity contribution < 1.29 is 9.21 Å². The van der Waals surface area contributed by atoms with Crippen molar-refractivity contribution in [3.63, 3.8) is 0 Å². The van der Waals surface area contributed by atoms with Crippen LogP contribution in [0.3, 0.4) is 0 Å². The average Bonchev–Trinajstić information content (AvgIpc) is 3.49. The molecule has 0 spiro atoms. The second kappa shape index (κ2) is 9.44. The molecule has 33 heavy (non-hydrogen) atoms. The molecule has 0 N–H and O–H groups in total. The molecule has 1 aliphatic rings. The molecule has 0 saturated carbocycles. The van der Waals surface area contributed by atoms with Gasteiger partial charge in [0, 0.05) is 36.7 Å². The number of para-hydroxylation sites is 1. The van der Waals surface area contributed by atoms with Crippen molar-refractivity contribution in [2.75, 3.05) is 36.8 Å².